The van der Waals surface area contributed by atoms with Crippen LogP contribution in [0.1, 0.15) is 6.42 Å². The highest BCUT2D eigenvalue weighted by molar-refractivity contribution is 5.65. The predicted molar refractivity (Wildman–Crippen MR) is 57.5 cm³/mol. The number of dihydropyridines is 1. The van der Waals surface area contributed by atoms with Crippen molar-refractivity contribution in [2.45, 2.75) is 6.42 Å². The Kier molecular flexibility index (Phi) is 2.76. The van der Waals surface area contributed by atoms with Crippen LogP contribution < -0.4 is 5.32 Å². The number of allylic oxidation sites excluding steroid dienone is 2. The second kappa shape index (κ2) is 4.21. The van der Waals surface area contributed by atoms with Crippen LogP contribution in [0.3, 0.4) is 0 Å². The molecule has 2 aliphatic heterocycles. The van der Waals surface area contributed by atoms with E-state index >= 15 is 0 Å². The van der Waals surface area contributed by atoms with Gasteiger partial charge in [0.05, 0.1) is 0 Å². The van der Waals surface area contributed by atoms with E-state index in [1.165, 1.54) is 16.0 Å². The number of carboxylic acid groups (broad SMARTS) is 1. The first-order valence-electron chi connectivity index (χ1n) is 5.04. The zero-order valence-corrected chi connectivity index (χ0v) is 8.44. The van der Waals surface area contributed by atoms with E-state index in [1.807, 2.05) is 18.4 Å². The molecule has 0 spiro atoms. The Morgan fingerprint density at radius 1 is 1.47 bits per heavy atom. The molecule has 0 aromatic rings. The summed E-state index contributed by atoms with van der Waals surface area (Å²) in [5.41, 5.74) is 2.53. The average molecular weight is 206 g/mol. The Morgan fingerprint density at radius 2 is 2.33 bits per heavy atom. The monoisotopic (exact) mass is 206 g/mol. The number of hydrogen-bond acceptors (Lipinski definition) is 2. The van der Waals surface area contributed by atoms with Crippen molar-refractivity contribution in [3.63, 3.8) is 0 Å². The summed E-state index contributed by atoms with van der Waals surface area (Å²) >= 11 is 0. The van der Waals surface area contributed by atoms with Crippen molar-refractivity contribution in [2.24, 2.45) is 0 Å². The zero-order chi connectivity index (χ0) is 10.7. The lowest BCUT2D eigenvalue weighted by molar-refractivity contribution is 0.149. The number of carbonyl (C=O) groups is 1. The lowest BCUT2D eigenvalue weighted by atomic mass is 9.98. The van der Waals surface area contributed by atoms with Gasteiger partial charge in [0, 0.05) is 19.6 Å². The molecule has 0 bridgehead atoms. The van der Waals surface area contributed by atoms with Crippen LogP contribution in [0.15, 0.2) is 35.6 Å². The molecule has 80 valence electrons. The normalized spacial score (nSPS) is 20.4. The van der Waals surface area contributed by atoms with Gasteiger partial charge in [-0.3, -0.25) is 0 Å². The smallest absolute Gasteiger partial charge is 0.407 e. The molecule has 2 N–H and O–H groups in total. The Balaban J connectivity index is 2.04. The van der Waals surface area contributed by atoms with Crippen LogP contribution in [0.4, 0.5) is 4.79 Å². The maximum absolute atomic E-state index is 10.7. The van der Waals surface area contributed by atoms with Crippen molar-refractivity contribution in [1.82, 2.24) is 10.2 Å². The second-order valence-electron chi connectivity index (χ2n) is 3.64. The van der Waals surface area contributed by atoms with E-state index in [4.69, 9.17) is 5.11 Å². The van der Waals surface area contributed by atoms with Crippen LogP contribution in [-0.2, 0) is 0 Å². The Hall–Kier alpha value is -1.71. The molecule has 0 aromatic heterocycles. The standard InChI is InChI=1S/C11H14N2O2/c14-11(15)13-6-3-9(4-7-13)10-2-1-5-12-8-10/h1-3,5,12H,4,6-8H2,(H,14,15). The molecule has 2 rings (SSSR count). The van der Waals surface area contributed by atoms with Crippen LogP contribution in [0.2, 0.25) is 0 Å². The Labute approximate surface area is 88.6 Å². The molecule has 4 nitrogen and oxygen atoms in total. The fourth-order valence-electron chi connectivity index (χ4n) is 1.82. The molecule has 0 radical (unpaired) electrons. The molecule has 0 unspecified atom stereocenters. The van der Waals surface area contributed by atoms with Gasteiger partial charge in [0.15, 0.2) is 0 Å². The van der Waals surface area contributed by atoms with Crippen LogP contribution >= 0.6 is 0 Å². The molecule has 0 aliphatic carbocycles. The van der Waals surface area contributed by atoms with Gasteiger partial charge < -0.3 is 15.3 Å². The van der Waals surface area contributed by atoms with E-state index in [0.29, 0.717) is 13.1 Å². The molecular weight excluding hydrogens is 192 g/mol. The van der Waals surface area contributed by atoms with Crippen LogP contribution in [0, 0.1) is 0 Å². The molecule has 2 aliphatic rings. The van der Waals surface area contributed by atoms with E-state index < -0.39 is 6.09 Å². The summed E-state index contributed by atoms with van der Waals surface area (Å²) in [6, 6.07) is 0. The van der Waals surface area contributed by atoms with E-state index in [0.717, 1.165) is 13.0 Å². The van der Waals surface area contributed by atoms with E-state index in [-0.39, 0.29) is 0 Å². The molecule has 2 heterocycles. The molecule has 0 saturated heterocycles. The van der Waals surface area contributed by atoms with Gasteiger partial charge in [0.25, 0.3) is 0 Å². The predicted octanol–water partition coefficient (Wildman–Crippen LogP) is 1.34. The fraction of sp³-hybridized carbons (Fsp3) is 0.364. The highest BCUT2D eigenvalue weighted by Crippen LogP contribution is 2.19. The second-order valence-corrected chi connectivity index (χ2v) is 3.64. The van der Waals surface area contributed by atoms with Gasteiger partial charge >= 0.3 is 6.09 Å². The summed E-state index contributed by atoms with van der Waals surface area (Å²) in [6.45, 7) is 1.95. The molecule has 15 heavy (non-hydrogen) atoms. The van der Waals surface area contributed by atoms with E-state index in [1.54, 1.807) is 0 Å². The topological polar surface area (TPSA) is 52.6 Å². The summed E-state index contributed by atoms with van der Waals surface area (Å²) in [5, 5.41) is 11.9. The van der Waals surface area contributed by atoms with Gasteiger partial charge in [-0.25, -0.2) is 4.79 Å². The number of rotatable bonds is 1. The minimum Gasteiger partial charge on any atom is -0.465 e. The van der Waals surface area contributed by atoms with Crippen molar-refractivity contribution in [2.75, 3.05) is 19.6 Å². The first kappa shape index (κ1) is 9.83. The van der Waals surface area contributed by atoms with Gasteiger partial charge in [-0.05, 0) is 29.8 Å². The van der Waals surface area contributed by atoms with Gasteiger partial charge in [0.1, 0.15) is 0 Å². The van der Waals surface area contributed by atoms with Gasteiger partial charge in [-0.1, -0.05) is 12.2 Å². The summed E-state index contributed by atoms with van der Waals surface area (Å²) in [5.74, 6) is 0. The Bertz CT molecular complexity index is 356. The third-order valence-electron chi connectivity index (χ3n) is 2.70. The van der Waals surface area contributed by atoms with Gasteiger partial charge in [-0.15, -0.1) is 0 Å². The highest BCUT2D eigenvalue weighted by atomic mass is 16.4. The van der Waals surface area contributed by atoms with Crippen LogP contribution in [-0.4, -0.2) is 35.7 Å². The molecule has 0 fully saturated rings. The fourth-order valence-corrected chi connectivity index (χ4v) is 1.82. The minimum atomic E-state index is -0.832. The maximum Gasteiger partial charge on any atom is 0.407 e. The SMILES string of the molecule is O=C(O)N1CC=C(C2=CC=CNC2)CC1. The first-order valence-corrected chi connectivity index (χ1v) is 5.04. The van der Waals surface area contributed by atoms with Crippen LogP contribution in [0.25, 0.3) is 0 Å². The lowest BCUT2D eigenvalue weighted by Gasteiger charge is -2.25. The Morgan fingerprint density at radius 3 is 2.87 bits per heavy atom. The van der Waals surface area contributed by atoms with E-state index in [2.05, 4.69) is 11.4 Å². The van der Waals surface area contributed by atoms with E-state index in [9.17, 15) is 4.79 Å². The molecule has 1 amide bonds. The first-order chi connectivity index (χ1) is 7.27. The van der Waals surface area contributed by atoms with Crippen LogP contribution in [0.5, 0.6) is 0 Å². The van der Waals surface area contributed by atoms with Gasteiger partial charge in [-0.2, -0.15) is 0 Å². The summed E-state index contributed by atoms with van der Waals surface area (Å²) < 4.78 is 0. The third kappa shape index (κ3) is 2.21. The summed E-state index contributed by atoms with van der Waals surface area (Å²) in [6.07, 6.45) is 7.96. The number of nitrogens with zero attached hydrogens (tertiary/aromatic N) is 1. The molecular formula is C11H14N2O2. The average Bonchev–Trinajstić information content (AvgIpc) is 2.30. The van der Waals surface area contributed by atoms with Crippen molar-refractivity contribution in [3.05, 3.63) is 35.6 Å². The quantitative estimate of drug-likeness (QED) is 0.680. The summed E-state index contributed by atoms with van der Waals surface area (Å²) in [4.78, 5) is 12.1. The van der Waals surface area contributed by atoms with Crippen molar-refractivity contribution in [1.29, 1.82) is 0 Å². The van der Waals surface area contributed by atoms with Crippen molar-refractivity contribution in [3.8, 4) is 0 Å². The third-order valence-corrected chi connectivity index (χ3v) is 2.70. The molecule has 0 atom stereocenters. The highest BCUT2D eigenvalue weighted by Gasteiger charge is 2.17. The lowest BCUT2D eigenvalue weighted by Crippen LogP contribution is -2.34. The number of hydrogen-bond donors (Lipinski definition) is 2. The number of amides is 1. The largest absolute Gasteiger partial charge is 0.465 e. The molecule has 0 saturated carbocycles. The molecule has 0 aromatic carbocycles. The van der Waals surface area contributed by atoms with Gasteiger partial charge in [0.2, 0.25) is 0 Å². The van der Waals surface area contributed by atoms with Crippen molar-refractivity contribution < 1.29 is 9.90 Å². The minimum absolute atomic E-state index is 0.506. The number of nitrogens with one attached hydrogen (secondary N) is 1. The molecule has 4 heteroatoms. The summed E-state index contributed by atoms with van der Waals surface area (Å²) in [7, 11) is 0. The van der Waals surface area contributed by atoms with Crippen molar-refractivity contribution >= 4 is 6.09 Å². The zero-order valence-electron chi connectivity index (χ0n) is 8.44. The maximum atomic E-state index is 10.7.